The Balaban J connectivity index is 3.66. The van der Waals surface area contributed by atoms with Crippen molar-refractivity contribution < 1.29 is 4.21 Å². The lowest BCUT2D eigenvalue weighted by atomic mass is 11.2. The number of halogens is 2. The largest absolute Gasteiger partial charge is 0.250 e. The van der Waals surface area contributed by atoms with Crippen LogP contribution in [0.5, 0.6) is 0 Å². The molecule has 0 atom stereocenters. The van der Waals surface area contributed by atoms with E-state index in [1.807, 2.05) is 0 Å². The van der Waals surface area contributed by atoms with Crippen molar-refractivity contribution in [1.29, 1.82) is 0 Å². The molecule has 0 aromatic rings. The maximum Gasteiger partial charge on any atom is 0.0720 e. The van der Waals surface area contributed by atoms with Crippen molar-refractivity contribution in [1.82, 2.24) is 0 Å². The van der Waals surface area contributed by atoms with E-state index in [1.54, 1.807) is 0 Å². The van der Waals surface area contributed by atoms with Crippen LogP contribution in [-0.4, -0.2) is 4.21 Å². The molecule has 0 amide bonds. The summed E-state index contributed by atoms with van der Waals surface area (Å²) in [6.07, 6.45) is 0. The molecule has 0 aromatic carbocycles. The minimum Gasteiger partial charge on any atom is -0.250 e. The molecule has 0 fully saturated rings. The van der Waals surface area contributed by atoms with Crippen molar-refractivity contribution >= 4 is 34.0 Å². The van der Waals surface area contributed by atoms with Gasteiger partial charge in [-0.05, 0) is 0 Å². The quantitative estimate of drug-likeness (QED) is 0.622. The van der Waals surface area contributed by atoms with Crippen LogP contribution >= 0.6 is 23.2 Å². The van der Waals surface area contributed by atoms with Crippen LogP contribution in [0, 0.1) is 0 Å². The molecule has 0 radical (unpaired) electrons. The van der Waals surface area contributed by atoms with Gasteiger partial charge in [-0.1, -0.05) is 23.2 Å². The minimum atomic E-state index is -1.15. The van der Waals surface area contributed by atoms with E-state index in [0.717, 1.165) is 0 Å². The normalized spacial score (nSPS) is 15.8. The smallest absolute Gasteiger partial charge is 0.0720 e. The Bertz CT molecular complexity index is 116. The van der Waals surface area contributed by atoms with E-state index < -0.39 is 10.8 Å². The monoisotopic (exact) mass is 170 g/mol. The van der Waals surface area contributed by atoms with Crippen molar-refractivity contribution in [2.75, 3.05) is 0 Å². The zero-order valence-electron chi connectivity index (χ0n) is 3.88. The van der Waals surface area contributed by atoms with Crippen molar-refractivity contribution in [3.05, 3.63) is 21.9 Å². The molecule has 0 saturated heterocycles. The maximum absolute atomic E-state index is 10.4. The van der Waals surface area contributed by atoms with Crippen molar-refractivity contribution in [3.63, 3.8) is 0 Å². The minimum absolute atomic E-state index is 1.15. The Morgan fingerprint density at radius 1 is 1.12 bits per heavy atom. The van der Waals surface area contributed by atoms with Crippen molar-refractivity contribution in [3.8, 4) is 0 Å². The average molecular weight is 171 g/mol. The van der Waals surface area contributed by atoms with Crippen LogP contribution in [0.3, 0.4) is 0 Å². The van der Waals surface area contributed by atoms with E-state index in [-0.39, 0.29) is 0 Å². The van der Waals surface area contributed by atoms with Crippen LogP contribution in [0.15, 0.2) is 21.9 Å². The Hall–Kier alpha value is 0.210. The summed E-state index contributed by atoms with van der Waals surface area (Å²) < 4.78 is 10.4. The topological polar surface area (TPSA) is 17.1 Å². The van der Waals surface area contributed by atoms with Crippen LogP contribution in [-0.2, 0) is 10.8 Å². The molecule has 0 spiro atoms. The number of rotatable bonds is 2. The third-order valence-electron chi connectivity index (χ3n) is 0.371. The Labute approximate surface area is 60.4 Å². The summed E-state index contributed by atoms with van der Waals surface area (Å²) in [5.74, 6) is 0. The molecular formula is C4H4Cl2OS. The lowest BCUT2D eigenvalue weighted by Gasteiger charge is -1.75. The van der Waals surface area contributed by atoms with E-state index in [2.05, 4.69) is 0 Å². The maximum atomic E-state index is 10.4. The van der Waals surface area contributed by atoms with E-state index in [4.69, 9.17) is 23.2 Å². The second-order valence-corrected chi connectivity index (χ2v) is 2.56. The third-order valence-corrected chi connectivity index (χ3v) is 1.73. The first kappa shape index (κ1) is 8.21. The Morgan fingerprint density at radius 3 is 1.75 bits per heavy atom. The van der Waals surface area contributed by atoms with Crippen LogP contribution in [0.2, 0.25) is 0 Å². The first-order chi connectivity index (χ1) is 3.81. The van der Waals surface area contributed by atoms with E-state index >= 15 is 0 Å². The standard InChI is InChI=1S/C4H4Cl2OS/c5-1-3-8(7)4-2-6/h1-4H. The highest BCUT2D eigenvalue weighted by atomic mass is 35.5. The SMILES string of the molecule is O=S(C=CCl)C=CCl. The highest BCUT2D eigenvalue weighted by molar-refractivity contribution is 7.90. The number of hydrogen-bond acceptors (Lipinski definition) is 1. The molecule has 0 aromatic heterocycles. The highest BCUT2D eigenvalue weighted by Gasteiger charge is 1.79. The van der Waals surface area contributed by atoms with E-state index in [9.17, 15) is 4.21 Å². The third kappa shape index (κ3) is 4.37. The van der Waals surface area contributed by atoms with Gasteiger partial charge in [-0.25, -0.2) is 0 Å². The van der Waals surface area contributed by atoms with E-state index in [1.165, 1.54) is 21.9 Å². The van der Waals surface area contributed by atoms with Crippen LogP contribution in [0.25, 0.3) is 0 Å². The van der Waals surface area contributed by atoms with Crippen LogP contribution in [0.1, 0.15) is 0 Å². The first-order valence-electron chi connectivity index (χ1n) is 1.74. The van der Waals surface area contributed by atoms with Gasteiger partial charge in [0, 0.05) is 21.9 Å². The second kappa shape index (κ2) is 5.35. The molecule has 0 aliphatic heterocycles. The summed E-state index contributed by atoms with van der Waals surface area (Å²) in [7, 11) is -1.15. The van der Waals surface area contributed by atoms with Crippen molar-refractivity contribution in [2.24, 2.45) is 0 Å². The Morgan fingerprint density at radius 2 is 1.50 bits per heavy atom. The lowest BCUT2D eigenvalue weighted by Crippen LogP contribution is -1.70. The molecule has 0 rings (SSSR count). The summed E-state index contributed by atoms with van der Waals surface area (Å²) in [6.45, 7) is 0. The molecule has 4 heteroatoms. The van der Waals surface area contributed by atoms with Crippen LogP contribution in [0.4, 0.5) is 0 Å². The highest BCUT2D eigenvalue weighted by Crippen LogP contribution is 1.90. The number of hydrogen-bond donors (Lipinski definition) is 0. The van der Waals surface area contributed by atoms with Gasteiger partial charge in [0.1, 0.15) is 0 Å². The predicted molar refractivity (Wildman–Crippen MR) is 38.1 cm³/mol. The van der Waals surface area contributed by atoms with E-state index in [0.29, 0.717) is 0 Å². The Kier molecular flexibility index (Phi) is 5.49. The molecular weight excluding hydrogens is 167 g/mol. The van der Waals surface area contributed by atoms with Gasteiger partial charge in [0.25, 0.3) is 0 Å². The molecule has 8 heavy (non-hydrogen) atoms. The summed E-state index contributed by atoms with van der Waals surface area (Å²) in [4.78, 5) is 0. The zero-order valence-corrected chi connectivity index (χ0v) is 6.21. The fourth-order valence-electron chi connectivity index (χ4n) is 0.147. The van der Waals surface area contributed by atoms with Crippen molar-refractivity contribution in [2.45, 2.75) is 0 Å². The first-order valence-corrected chi connectivity index (χ1v) is 3.89. The zero-order chi connectivity index (χ0) is 6.41. The molecule has 0 aliphatic rings. The van der Waals surface area contributed by atoms with Gasteiger partial charge in [0.15, 0.2) is 0 Å². The molecule has 1 nitrogen and oxygen atoms in total. The molecule has 46 valence electrons. The summed E-state index contributed by atoms with van der Waals surface area (Å²) in [5.41, 5.74) is 2.38. The fourth-order valence-corrected chi connectivity index (χ4v) is 1.05. The molecule has 0 aliphatic carbocycles. The average Bonchev–Trinajstić information content (AvgIpc) is 1.68. The second-order valence-electron chi connectivity index (χ2n) is 0.853. The molecule has 0 N–H and O–H groups in total. The fraction of sp³-hybridized carbons (Fsp3) is 0. The molecule has 0 bridgehead atoms. The van der Waals surface area contributed by atoms with Gasteiger partial charge in [-0.15, -0.1) is 0 Å². The summed E-state index contributed by atoms with van der Waals surface area (Å²) in [5, 5.41) is 2.64. The predicted octanol–water partition coefficient (Wildman–Crippen LogP) is 2.16. The lowest BCUT2D eigenvalue weighted by molar-refractivity contribution is 0.693. The van der Waals surface area contributed by atoms with Gasteiger partial charge in [0.05, 0.1) is 10.8 Å². The van der Waals surface area contributed by atoms with Gasteiger partial charge in [-0.2, -0.15) is 0 Å². The molecule has 0 heterocycles. The summed E-state index contributed by atoms with van der Waals surface area (Å²) >= 11 is 10.2. The molecule has 0 saturated carbocycles. The van der Waals surface area contributed by atoms with Gasteiger partial charge < -0.3 is 0 Å². The molecule has 0 unspecified atom stereocenters. The summed E-state index contributed by atoms with van der Waals surface area (Å²) in [6, 6.07) is 0. The van der Waals surface area contributed by atoms with Crippen LogP contribution < -0.4 is 0 Å². The van der Waals surface area contributed by atoms with Gasteiger partial charge in [-0.3, -0.25) is 4.21 Å². The van der Waals surface area contributed by atoms with Gasteiger partial charge >= 0.3 is 0 Å². The van der Waals surface area contributed by atoms with Gasteiger partial charge in [0.2, 0.25) is 0 Å².